The molecule has 1 saturated heterocycles. The maximum Gasteiger partial charge on any atom is 0.284 e. The summed E-state index contributed by atoms with van der Waals surface area (Å²) in [6, 6.07) is 19.0. The smallest absolute Gasteiger partial charge is 0.284 e. The molecule has 0 unspecified atom stereocenters. The molecule has 4 amide bonds. The van der Waals surface area contributed by atoms with Gasteiger partial charge >= 0.3 is 0 Å². The average Bonchev–Trinajstić information content (AvgIpc) is 3.44. The Balaban J connectivity index is 0.743. The van der Waals surface area contributed by atoms with Gasteiger partial charge in [-0.2, -0.15) is 5.10 Å². The van der Waals surface area contributed by atoms with Crippen molar-refractivity contribution in [2.75, 3.05) is 29.6 Å². The molecule has 23 heteroatoms. The Kier molecular flexibility index (Phi) is 16.5. The number of likely N-dealkylation sites (tertiary alicyclic amines) is 1. The number of nitrogens with zero attached hydrogens (tertiary/aromatic N) is 9. The highest BCUT2D eigenvalue weighted by molar-refractivity contribution is 7.90. The number of hydrogen-bond acceptors (Lipinski definition) is 17. The number of para-hydroxylation sites is 1. The van der Waals surface area contributed by atoms with Crippen LogP contribution in [0, 0.1) is 49.4 Å². The van der Waals surface area contributed by atoms with Crippen molar-refractivity contribution >= 4 is 89.1 Å². The molecule has 3 atom stereocenters. The van der Waals surface area contributed by atoms with Gasteiger partial charge in [-0.1, -0.05) is 68.5 Å². The Morgan fingerprint density at radius 3 is 2.29 bits per heavy atom. The van der Waals surface area contributed by atoms with E-state index < -0.39 is 63.0 Å². The Hall–Kier alpha value is -7.21. The molecule has 442 valence electrons. The molecule has 0 radical (unpaired) electrons. The highest BCUT2D eigenvalue weighted by Crippen LogP contribution is 2.60. The van der Waals surface area contributed by atoms with Crippen LogP contribution in [0.2, 0.25) is 0 Å². The molecule has 4 aliphatic carbocycles. The van der Waals surface area contributed by atoms with Crippen molar-refractivity contribution in [3.8, 4) is 21.6 Å². The molecular weight excluding hydrogens is 1120 g/mol. The number of carbonyl (C=O) groups excluding carboxylic acids is 4. The molecule has 1 aliphatic heterocycles. The number of amides is 4. The number of carbonyl (C=O) groups is 4. The van der Waals surface area contributed by atoms with E-state index in [4.69, 9.17) is 10.1 Å². The van der Waals surface area contributed by atoms with Crippen LogP contribution in [0.5, 0.6) is 0 Å². The molecule has 5 aromatic heterocycles. The molecule has 7 aromatic rings. The van der Waals surface area contributed by atoms with Crippen LogP contribution in [-0.4, -0.2) is 115 Å². The molecule has 2 aromatic carbocycles. The number of pyridine rings is 1. The minimum absolute atomic E-state index is 0.0133. The monoisotopic (exact) mass is 1200 g/mol. The predicted molar refractivity (Wildman–Crippen MR) is 325 cm³/mol. The van der Waals surface area contributed by atoms with E-state index in [1.807, 2.05) is 75.4 Å². The second-order valence-corrected chi connectivity index (χ2v) is 28.6. The summed E-state index contributed by atoms with van der Waals surface area (Å²) < 4.78 is 33.1. The molecular formula is C61H73N13O7S3. The van der Waals surface area contributed by atoms with E-state index in [1.54, 1.807) is 67.9 Å². The SMILES string of the molecule is Cc1cc(N(C)c2ccc(-c3cnn(CC45CC6CC(CC(C6)C4)C5)c3C)c(C(=O)NS(=O)(=O)CCCCC(=O)N[C@H](C(=O)N3C[C@H](O)C[C@H]3C(=O)NCc3ccc(-c4scnc4C)cc3)C(C)(C)C)n2)nnc1Nc1nc2ccccc2s1. The lowest BCUT2D eigenvalue weighted by Crippen LogP contribution is -2.57. The van der Waals surface area contributed by atoms with Gasteiger partial charge in [-0.3, -0.25) is 23.9 Å². The Morgan fingerprint density at radius 1 is 0.881 bits per heavy atom. The zero-order valence-electron chi connectivity index (χ0n) is 48.5. The minimum Gasteiger partial charge on any atom is -0.391 e. The first kappa shape index (κ1) is 58.6. The number of benzene rings is 2. The molecule has 12 rings (SSSR count). The van der Waals surface area contributed by atoms with Crippen molar-refractivity contribution in [1.29, 1.82) is 0 Å². The average molecular weight is 1200 g/mol. The maximum atomic E-state index is 14.5. The van der Waals surface area contributed by atoms with Crippen LogP contribution in [0.1, 0.15) is 118 Å². The van der Waals surface area contributed by atoms with Gasteiger partial charge in [0.15, 0.2) is 16.8 Å². The number of anilines is 4. The molecule has 4 saturated carbocycles. The lowest BCUT2D eigenvalue weighted by Gasteiger charge is -2.56. The van der Waals surface area contributed by atoms with Crippen LogP contribution in [0.25, 0.3) is 31.8 Å². The number of aliphatic hydroxyl groups is 1. The van der Waals surface area contributed by atoms with Gasteiger partial charge in [-0.05, 0) is 148 Å². The van der Waals surface area contributed by atoms with Crippen molar-refractivity contribution in [3.05, 3.63) is 107 Å². The number of sulfonamides is 1. The second kappa shape index (κ2) is 23.7. The van der Waals surface area contributed by atoms with Crippen molar-refractivity contribution in [2.24, 2.45) is 28.6 Å². The number of unbranched alkanes of at least 4 members (excludes halogenated alkanes) is 1. The number of aromatic nitrogens is 7. The summed E-state index contributed by atoms with van der Waals surface area (Å²) >= 11 is 3.06. The summed E-state index contributed by atoms with van der Waals surface area (Å²) in [6.07, 6.45) is 8.42. The quantitative estimate of drug-likeness (QED) is 0.0446. The van der Waals surface area contributed by atoms with Gasteiger partial charge < -0.3 is 30.9 Å². The number of fused-ring (bicyclic) bond motifs is 1. The van der Waals surface area contributed by atoms with Gasteiger partial charge in [0, 0.05) is 56.3 Å². The lowest BCUT2D eigenvalue weighted by molar-refractivity contribution is -0.144. The summed E-state index contributed by atoms with van der Waals surface area (Å²) in [7, 11) is -2.54. The van der Waals surface area contributed by atoms with Gasteiger partial charge in [0.2, 0.25) is 27.7 Å². The first-order valence-electron chi connectivity index (χ1n) is 28.9. The van der Waals surface area contributed by atoms with Crippen LogP contribution in [0.4, 0.5) is 22.6 Å². The van der Waals surface area contributed by atoms with E-state index >= 15 is 0 Å². The van der Waals surface area contributed by atoms with Crippen LogP contribution >= 0.6 is 22.7 Å². The number of β-amino-alcohol motifs (C(OH)–C–C–N with tert-alkyl or cyclic N) is 1. The largest absolute Gasteiger partial charge is 0.391 e. The van der Waals surface area contributed by atoms with Crippen LogP contribution < -0.4 is 25.6 Å². The number of aliphatic hydroxyl groups excluding tert-OH is 1. The molecule has 6 heterocycles. The third-order valence-corrected chi connectivity index (χ3v) is 20.6. The number of rotatable bonds is 20. The third kappa shape index (κ3) is 12.7. The first-order valence-corrected chi connectivity index (χ1v) is 32.3. The molecule has 5 N–H and O–H groups in total. The predicted octanol–water partition coefficient (Wildman–Crippen LogP) is 9.16. The van der Waals surface area contributed by atoms with Crippen molar-refractivity contribution in [1.82, 2.24) is 55.2 Å². The van der Waals surface area contributed by atoms with Gasteiger partial charge in [-0.25, -0.2) is 28.1 Å². The zero-order chi connectivity index (χ0) is 59.2. The fraction of sp³-hybridized carbons (Fsp3) is 0.475. The number of nitrogens with one attached hydrogen (secondary N) is 4. The van der Waals surface area contributed by atoms with Gasteiger partial charge in [0.25, 0.3) is 5.91 Å². The van der Waals surface area contributed by atoms with E-state index in [1.165, 1.54) is 54.8 Å². The van der Waals surface area contributed by atoms with Gasteiger partial charge in [0.05, 0.1) is 44.4 Å². The maximum absolute atomic E-state index is 14.5. The van der Waals surface area contributed by atoms with Crippen LogP contribution in [0.3, 0.4) is 0 Å². The first-order chi connectivity index (χ1) is 40.1. The molecule has 5 fully saturated rings. The number of thiazole rings is 2. The van der Waals surface area contributed by atoms with Gasteiger partial charge in [-0.15, -0.1) is 21.5 Å². The van der Waals surface area contributed by atoms with Crippen molar-refractivity contribution in [2.45, 2.75) is 137 Å². The van der Waals surface area contributed by atoms with Crippen LogP contribution in [-0.2, 0) is 37.5 Å². The van der Waals surface area contributed by atoms with E-state index in [-0.39, 0.29) is 49.9 Å². The van der Waals surface area contributed by atoms with E-state index in [9.17, 15) is 32.7 Å². The minimum atomic E-state index is -4.28. The van der Waals surface area contributed by atoms with E-state index in [0.717, 1.165) is 67.5 Å². The normalized spacial score (nSPS) is 21.4. The lowest BCUT2D eigenvalue weighted by atomic mass is 9.49. The topological polar surface area (TPSA) is 260 Å². The molecule has 4 bridgehead atoms. The Labute approximate surface area is 497 Å². The zero-order valence-corrected chi connectivity index (χ0v) is 51.0. The summed E-state index contributed by atoms with van der Waals surface area (Å²) in [6.45, 7) is 12.1. The van der Waals surface area contributed by atoms with Crippen molar-refractivity contribution < 1.29 is 32.7 Å². The molecule has 0 spiro atoms. The Bertz CT molecular complexity index is 3670. The molecule has 20 nitrogen and oxygen atoms in total. The highest BCUT2D eigenvalue weighted by Gasteiger charge is 2.51. The van der Waals surface area contributed by atoms with E-state index in [0.29, 0.717) is 33.7 Å². The summed E-state index contributed by atoms with van der Waals surface area (Å²) in [5.74, 6) is 0.745. The van der Waals surface area contributed by atoms with Gasteiger partial charge in [0.1, 0.15) is 23.6 Å². The fourth-order valence-electron chi connectivity index (χ4n) is 13.4. The van der Waals surface area contributed by atoms with E-state index in [2.05, 4.69) is 45.5 Å². The Morgan fingerprint density at radius 2 is 1.61 bits per heavy atom. The standard InChI is InChI=1S/C61H73N13O7S3/c1-35-22-50(69-70-55(35)68-59-65-46-12-8-9-13-48(46)83-59)72(7)49-20-19-44(45-31-64-74(37(45)3)33-61-27-39-23-40(28-61)25-41(24-39)29-61)52(66-49)57(78)71-84(80,81)21-11-10-14-51(76)67-54(60(4,5)6)58(79)73-32-43(75)26-47(73)56(77)62-30-38-15-17-42(18-16-38)53-36(2)63-34-82-53/h8-9,12-13,15-20,22,31,34,39-41,43,47,54,75H,10-11,14,21,23-30,32-33H2,1-7H3,(H,62,77)(H,67,76)(H,71,78)(H,65,68,70)/t39?,40?,41?,43-,47+,54-,61?/m1/s1. The van der Waals surface area contributed by atoms with Crippen LogP contribution in [0.15, 0.2) is 78.4 Å². The molecule has 5 aliphatic rings. The fourth-order valence-corrected chi connectivity index (χ4v) is 16.2. The third-order valence-electron chi connectivity index (χ3n) is 17.3. The summed E-state index contributed by atoms with van der Waals surface area (Å²) in [5, 5.41) is 34.3. The number of aryl methyl sites for hydroxylation is 2. The second-order valence-electron chi connectivity index (χ2n) is 24.8. The van der Waals surface area contributed by atoms with Crippen molar-refractivity contribution in [3.63, 3.8) is 0 Å². The molecule has 84 heavy (non-hydrogen) atoms. The highest BCUT2D eigenvalue weighted by atomic mass is 32.2. The summed E-state index contributed by atoms with van der Waals surface area (Å²) in [5.41, 5.74) is 7.50. The summed E-state index contributed by atoms with van der Waals surface area (Å²) in [4.78, 5) is 74.0. The number of hydrogen-bond donors (Lipinski definition) is 5.